The van der Waals surface area contributed by atoms with Gasteiger partial charge in [-0.1, -0.05) is 18.2 Å². The molecule has 2 aromatic carbocycles. The average molecular weight is 385 g/mol. The Kier molecular flexibility index (Phi) is 5.50. The molecule has 0 bridgehead atoms. The third-order valence-electron chi connectivity index (χ3n) is 5.74. The van der Waals surface area contributed by atoms with E-state index in [1.807, 2.05) is 12.1 Å². The second-order valence-corrected chi connectivity index (χ2v) is 9.41. The predicted octanol–water partition coefficient (Wildman–Crippen LogP) is 3.69. The molecule has 4 rings (SSSR count). The van der Waals surface area contributed by atoms with Crippen LogP contribution in [0.15, 0.2) is 47.4 Å². The van der Waals surface area contributed by atoms with Crippen LogP contribution in [0.1, 0.15) is 42.4 Å². The summed E-state index contributed by atoms with van der Waals surface area (Å²) in [6, 6.07) is 14.1. The van der Waals surface area contributed by atoms with E-state index >= 15 is 0 Å². The van der Waals surface area contributed by atoms with E-state index in [9.17, 15) is 8.42 Å². The van der Waals surface area contributed by atoms with Crippen molar-refractivity contribution in [2.24, 2.45) is 0 Å². The van der Waals surface area contributed by atoms with Crippen LogP contribution in [0.2, 0.25) is 0 Å². The van der Waals surface area contributed by atoms with Gasteiger partial charge in [-0.3, -0.25) is 0 Å². The highest BCUT2D eigenvalue weighted by Crippen LogP contribution is 2.24. The van der Waals surface area contributed by atoms with Crippen LogP contribution >= 0.6 is 0 Å². The van der Waals surface area contributed by atoms with Gasteiger partial charge in [0.25, 0.3) is 0 Å². The van der Waals surface area contributed by atoms with Crippen LogP contribution in [0.4, 0.5) is 5.69 Å². The molecule has 1 fully saturated rings. The zero-order valence-corrected chi connectivity index (χ0v) is 16.6. The lowest BCUT2D eigenvalue weighted by Gasteiger charge is -2.18. The summed E-state index contributed by atoms with van der Waals surface area (Å²) in [6.07, 6.45) is 7.65. The van der Waals surface area contributed by atoms with Crippen molar-refractivity contribution >= 4 is 15.7 Å². The minimum Gasteiger partial charge on any atom is -0.372 e. The van der Waals surface area contributed by atoms with E-state index in [0.29, 0.717) is 17.9 Å². The Morgan fingerprint density at radius 3 is 2.30 bits per heavy atom. The first-order valence-electron chi connectivity index (χ1n) is 10.1. The summed E-state index contributed by atoms with van der Waals surface area (Å²) < 4.78 is 28.0. The number of nitrogens with zero attached hydrogens (tertiary/aromatic N) is 1. The highest BCUT2D eigenvalue weighted by Gasteiger charge is 2.17. The molecule has 0 radical (unpaired) electrons. The Bertz CT molecular complexity index is 885. The summed E-state index contributed by atoms with van der Waals surface area (Å²) in [5.41, 5.74) is 4.93. The first kappa shape index (κ1) is 18.5. The van der Waals surface area contributed by atoms with Gasteiger partial charge in [-0.2, -0.15) is 0 Å². The summed E-state index contributed by atoms with van der Waals surface area (Å²) in [5, 5.41) is 0. The van der Waals surface area contributed by atoms with Gasteiger partial charge in [-0.05, 0) is 85.9 Å². The fraction of sp³-hybridized carbons (Fsp3) is 0.455. The van der Waals surface area contributed by atoms with Crippen LogP contribution in [0, 0.1) is 0 Å². The summed E-state index contributed by atoms with van der Waals surface area (Å²) in [7, 11) is -3.44. The van der Waals surface area contributed by atoms with Crippen LogP contribution in [0.5, 0.6) is 0 Å². The predicted molar refractivity (Wildman–Crippen MR) is 110 cm³/mol. The zero-order valence-electron chi connectivity index (χ0n) is 15.8. The van der Waals surface area contributed by atoms with Crippen molar-refractivity contribution < 1.29 is 8.42 Å². The molecule has 1 heterocycles. The summed E-state index contributed by atoms with van der Waals surface area (Å²) in [4.78, 5) is 2.80. The molecule has 1 saturated heterocycles. The van der Waals surface area contributed by atoms with Crippen LogP contribution in [-0.2, 0) is 29.3 Å². The Balaban J connectivity index is 1.35. The minimum absolute atomic E-state index is 0.396. The van der Waals surface area contributed by atoms with Gasteiger partial charge >= 0.3 is 0 Å². The van der Waals surface area contributed by atoms with Crippen LogP contribution in [0.3, 0.4) is 0 Å². The van der Waals surface area contributed by atoms with E-state index in [4.69, 9.17) is 0 Å². The van der Waals surface area contributed by atoms with Crippen LogP contribution in [0.25, 0.3) is 0 Å². The van der Waals surface area contributed by atoms with Crippen LogP contribution < -0.4 is 9.62 Å². The molecule has 0 spiro atoms. The number of sulfonamides is 1. The van der Waals surface area contributed by atoms with E-state index in [-0.39, 0.29) is 0 Å². The highest BCUT2D eigenvalue weighted by molar-refractivity contribution is 7.89. The Morgan fingerprint density at radius 2 is 1.56 bits per heavy atom. The largest absolute Gasteiger partial charge is 0.372 e. The van der Waals surface area contributed by atoms with Gasteiger partial charge < -0.3 is 4.90 Å². The van der Waals surface area contributed by atoms with Gasteiger partial charge in [0.15, 0.2) is 0 Å². The third-order valence-corrected chi connectivity index (χ3v) is 7.20. The van der Waals surface area contributed by atoms with E-state index in [1.165, 1.54) is 36.1 Å². The summed E-state index contributed by atoms with van der Waals surface area (Å²) in [6.45, 7) is 2.70. The number of fused-ring (bicyclic) bond motifs is 1. The fourth-order valence-electron chi connectivity index (χ4n) is 4.14. The number of nitrogens with one attached hydrogen (secondary N) is 1. The van der Waals surface area contributed by atoms with Crippen molar-refractivity contribution in [3.05, 3.63) is 59.2 Å². The SMILES string of the molecule is O=S(=O)(NCCc1ccc(N2CCCC2)cc1)c1ccc2c(c1)CCCC2. The number of anilines is 1. The molecule has 0 unspecified atom stereocenters. The molecule has 2 aromatic rings. The number of hydrogen-bond acceptors (Lipinski definition) is 3. The summed E-state index contributed by atoms with van der Waals surface area (Å²) in [5.74, 6) is 0. The molecule has 144 valence electrons. The van der Waals surface area contributed by atoms with Crippen molar-refractivity contribution in [1.82, 2.24) is 4.72 Å². The average Bonchev–Trinajstić information content (AvgIpc) is 3.23. The maximum absolute atomic E-state index is 12.6. The van der Waals surface area contributed by atoms with Gasteiger partial charge in [0, 0.05) is 25.3 Å². The maximum atomic E-state index is 12.6. The zero-order chi connectivity index (χ0) is 18.7. The Labute approximate surface area is 162 Å². The van der Waals surface area contributed by atoms with Crippen molar-refractivity contribution in [2.45, 2.75) is 49.8 Å². The highest BCUT2D eigenvalue weighted by atomic mass is 32.2. The fourth-order valence-corrected chi connectivity index (χ4v) is 5.22. The van der Waals surface area contributed by atoms with E-state index < -0.39 is 10.0 Å². The lowest BCUT2D eigenvalue weighted by molar-refractivity contribution is 0.581. The van der Waals surface area contributed by atoms with Crippen molar-refractivity contribution in [2.75, 3.05) is 24.5 Å². The van der Waals surface area contributed by atoms with E-state index in [1.54, 1.807) is 6.07 Å². The van der Waals surface area contributed by atoms with E-state index in [2.05, 4.69) is 33.9 Å². The molecule has 0 saturated carbocycles. The summed E-state index contributed by atoms with van der Waals surface area (Å²) >= 11 is 0. The molecule has 1 N–H and O–H groups in total. The van der Waals surface area contributed by atoms with Crippen molar-refractivity contribution in [1.29, 1.82) is 0 Å². The molecular formula is C22H28N2O2S. The molecule has 4 nitrogen and oxygen atoms in total. The van der Waals surface area contributed by atoms with Crippen molar-refractivity contribution in [3.8, 4) is 0 Å². The number of hydrogen-bond donors (Lipinski definition) is 1. The standard InChI is InChI=1S/C22H28N2O2S/c25-27(26,22-12-9-19-5-1-2-6-20(19)17-22)23-14-13-18-7-10-21(11-8-18)24-15-3-4-16-24/h7-12,17,23H,1-6,13-16H2. The molecular weight excluding hydrogens is 356 g/mol. The second kappa shape index (κ2) is 8.03. The molecule has 1 aliphatic heterocycles. The van der Waals surface area contributed by atoms with Gasteiger partial charge in [-0.15, -0.1) is 0 Å². The first-order chi connectivity index (χ1) is 13.1. The number of rotatable bonds is 6. The Morgan fingerprint density at radius 1 is 0.852 bits per heavy atom. The van der Waals surface area contributed by atoms with Crippen molar-refractivity contribution in [3.63, 3.8) is 0 Å². The molecule has 2 aliphatic rings. The van der Waals surface area contributed by atoms with Gasteiger partial charge in [0.05, 0.1) is 4.90 Å². The van der Waals surface area contributed by atoms with Crippen LogP contribution in [-0.4, -0.2) is 28.1 Å². The monoisotopic (exact) mass is 384 g/mol. The second-order valence-electron chi connectivity index (χ2n) is 7.65. The molecule has 0 amide bonds. The lowest BCUT2D eigenvalue weighted by atomic mass is 9.92. The molecule has 5 heteroatoms. The normalized spacial score (nSPS) is 17.1. The Hall–Kier alpha value is -1.85. The molecule has 0 aromatic heterocycles. The van der Waals surface area contributed by atoms with Gasteiger partial charge in [-0.25, -0.2) is 13.1 Å². The molecule has 1 aliphatic carbocycles. The smallest absolute Gasteiger partial charge is 0.240 e. The number of benzene rings is 2. The topological polar surface area (TPSA) is 49.4 Å². The quantitative estimate of drug-likeness (QED) is 0.826. The van der Waals surface area contributed by atoms with E-state index in [0.717, 1.165) is 37.9 Å². The first-order valence-corrected chi connectivity index (χ1v) is 11.6. The molecule has 27 heavy (non-hydrogen) atoms. The number of aryl methyl sites for hydroxylation is 2. The lowest BCUT2D eigenvalue weighted by Crippen LogP contribution is -2.26. The molecule has 0 atom stereocenters. The van der Waals surface area contributed by atoms with Gasteiger partial charge in [0.2, 0.25) is 10.0 Å². The third kappa shape index (κ3) is 4.36. The minimum atomic E-state index is -3.44. The van der Waals surface area contributed by atoms with Gasteiger partial charge in [0.1, 0.15) is 0 Å². The maximum Gasteiger partial charge on any atom is 0.240 e.